The molecule has 4 nitrogen and oxygen atoms in total. The monoisotopic (exact) mass is 260 g/mol. The Hall–Kier alpha value is -1.68. The van der Waals surface area contributed by atoms with Gasteiger partial charge in [-0.05, 0) is 31.9 Å². The van der Waals surface area contributed by atoms with E-state index in [0.717, 1.165) is 11.1 Å². The molecule has 1 aromatic carbocycles. The fourth-order valence-corrected chi connectivity index (χ4v) is 2.22. The molecule has 0 saturated carbocycles. The van der Waals surface area contributed by atoms with Gasteiger partial charge in [0.1, 0.15) is 6.04 Å². The number of hydrogen-bond donors (Lipinski definition) is 1. The molecule has 1 aliphatic heterocycles. The lowest BCUT2D eigenvalue weighted by atomic mass is 9.96. The molecule has 0 aliphatic carbocycles. The summed E-state index contributed by atoms with van der Waals surface area (Å²) < 4.78 is 0. The molecule has 4 heteroatoms. The SMILES string of the molecule is CC(=O)C(C)(C)N(C)C(=O)C1NCc2ccccc21. The van der Waals surface area contributed by atoms with Crippen molar-refractivity contribution in [1.29, 1.82) is 0 Å². The number of ketones is 1. The van der Waals surface area contributed by atoms with Crippen LogP contribution < -0.4 is 5.32 Å². The second-order valence-electron chi connectivity index (χ2n) is 5.53. The van der Waals surface area contributed by atoms with Gasteiger partial charge in [-0.25, -0.2) is 0 Å². The van der Waals surface area contributed by atoms with Crippen LogP contribution in [0.15, 0.2) is 24.3 Å². The summed E-state index contributed by atoms with van der Waals surface area (Å²) in [4.78, 5) is 25.8. The molecule has 0 bridgehead atoms. The van der Waals surface area contributed by atoms with Crippen LogP contribution in [-0.4, -0.2) is 29.2 Å². The number of amides is 1. The Bertz CT molecular complexity index is 523. The second-order valence-corrected chi connectivity index (χ2v) is 5.53. The number of hydrogen-bond acceptors (Lipinski definition) is 3. The maximum Gasteiger partial charge on any atom is 0.244 e. The highest BCUT2D eigenvalue weighted by molar-refractivity contribution is 5.93. The molecule has 0 fully saturated rings. The van der Waals surface area contributed by atoms with Crippen LogP contribution in [0.25, 0.3) is 0 Å². The van der Waals surface area contributed by atoms with E-state index in [9.17, 15) is 9.59 Å². The van der Waals surface area contributed by atoms with Crippen LogP contribution in [0.3, 0.4) is 0 Å². The number of nitrogens with zero attached hydrogens (tertiary/aromatic N) is 1. The maximum absolute atomic E-state index is 12.6. The zero-order valence-corrected chi connectivity index (χ0v) is 11.9. The van der Waals surface area contributed by atoms with E-state index in [2.05, 4.69) is 5.32 Å². The molecule has 1 aromatic rings. The molecule has 1 atom stereocenters. The second kappa shape index (κ2) is 4.78. The Morgan fingerprint density at radius 3 is 2.58 bits per heavy atom. The van der Waals surface area contributed by atoms with E-state index in [1.807, 2.05) is 24.3 Å². The highest BCUT2D eigenvalue weighted by atomic mass is 16.2. The van der Waals surface area contributed by atoms with Crippen LogP contribution in [0.4, 0.5) is 0 Å². The van der Waals surface area contributed by atoms with Gasteiger partial charge >= 0.3 is 0 Å². The molecular formula is C15H20N2O2. The highest BCUT2D eigenvalue weighted by Gasteiger charge is 2.37. The zero-order chi connectivity index (χ0) is 14.2. The van der Waals surface area contributed by atoms with E-state index in [0.29, 0.717) is 6.54 Å². The van der Waals surface area contributed by atoms with Crippen molar-refractivity contribution >= 4 is 11.7 Å². The largest absolute Gasteiger partial charge is 0.332 e. The van der Waals surface area contributed by atoms with Gasteiger partial charge in [0.15, 0.2) is 5.78 Å². The molecule has 0 spiro atoms. The van der Waals surface area contributed by atoms with Crippen molar-refractivity contribution in [2.75, 3.05) is 7.05 Å². The Morgan fingerprint density at radius 1 is 1.32 bits per heavy atom. The highest BCUT2D eigenvalue weighted by Crippen LogP contribution is 2.28. The molecule has 2 rings (SSSR count). The van der Waals surface area contributed by atoms with Crippen LogP contribution in [0.2, 0.25) is 0 Å². The molecule has 1 N–H and O–H groups in total. The van der Waals surface area contributed by atoms with Crippen molar-refractivity contribution in [2.45, 2.75) is 38.9 Å². The summed E-state index contributed by atoms with van der Waals surface area (Å²) in [5, 5.41) is 3.21. The lowest BCUT2D eigenvalue weighted by Gasteiger charge is -2.35. The van der Waals surface area contributed by atoms with Gasteiger partial charge in [-0.3, -0.25) is 14.9 Å². The number of benzene rings is 1. The third-order valence-corrected chi connectivity index (χ3v) is 4.14. The first kappa shape index (κ1) is 13.7. The summed E-state index contributed by atoms with van der Waals surface area (Å²) in [6.45, 7) is 5.75. The van der Waals surface area contributed by atoms with Crippen molar-refractivity contribution in [3.63, 3.8) is 0 Å². The number of likely N-dealkylation sites (N-methyl/N-ethyl adjacent to an activating group) is 1. The summed E-state index contributed by atoms with van der Waals surface area (Å²) in [5.41, 5.74) is 1.38. The van der Waals surface area contributed by atoms with Gasteiger partial charge < -0.3 is 4.90 Å². The quantitative estimate of drug-likeness (QED) is 0.899. The fourth-order valence-electron chi connectivity index (χ4n) is 2.22. The number of fused-ring (bicyclic) bond motifs is 1. The van der Waals surface area contributed by atoms with Gasteiger partial charge in [0.2, 0.25) is 5.91 Å². The molecule has 1 amide bonds. The predicted molar refractivity (Wildman–Crippen MR) is 73.6 cm³/mol. The van der Waals surface area contributed by atoms with Crippen LogP contribution >= 0.6 is 0 Å². The molecule has 0 saturated heterocycles. The van der Waals surface area contributed by atoms with E-state index in [4.69, 9.17) is 0 Å². The van der Waals surface area contributed by atoms with Crippen LogP contribution in [0.5, 0.6) is 0 Å². The first-order valence-electron chi connectivity index (χ1n) is 6.45. The summed E-state index contributed by atoms with van der Waals surface area (Å²) in [7, 11) is 1.69. The first-order valence-corrected chi connectivity index (χ1v) is 6.45. The number of nitrogens with one attached hydrogen (secondary N) is 1. The fraction of sp³-hybridized carbons (Fsp3) is 0.467. The molecule has 1 aliphatic rings. The van der Waals surface area contributed by atoms with Gasteiger partial charge in [-0.1, -0.05) is 24.3 Å². The Morgan fingerprint density at radius 2 is 1.95 bits per heavy atom. The van der Waals surface area contributed by atoms with Crippen molar-refractivity contribution < 1.29 is 9.59 Å². The smallest absolute Gasteiger partial charge is 0.244 e. The Kier molecular flexibility index (Phi) is 3.45. The standard InChI is InChI=1S/C15H20N2O2/c1-10(18)15(2,3)17(4)14(19)13-12-8-6-5-7-11(12)9-16-13/h5-8,13,16H,9H2,1-4H3. The van der Waals surface area contributed by atoms with Crippen molar-refractivity contribution in [1.82, 2.24) is 10.2 Å². The van der Waals surface area contributed by atoms with Gasteiger partial charge in [0.05, 0.1) is 5.54 Å². The normalized spacial score (nSPS) is 18.0. The third kappa shape index (κ3) is 2.28. The van der Waals surface area contributed by atoms with Gasteiger partial charge in [0, 0.05) is 13.6 Å². The zero-order valence-electron chi connectivity index (χ0n) is 11.9. The number of Topliss-reactive ketones (excluding diaryl/α,β-unsaturated/α-hetero) is 1. The molecular weight excluding hydrogens is 240 g/mol. The molecule has 102 valence electrons. The van der Waals surface area contributed by atoms with E-state index >= 15 is 0 Å². The Labute approximate surface area is 113 Å². The van der Waals surface area contributed by atoms with Crippen molar-refractivity contribution in [3.8, 4) is 0 Å². The summed E-state index contributed by atoms with van der Waals surface area (Å²) in [5.74, 6) is -0.0835. The van der Waals surface area contributed by atoms with Gasteiger partial charge in [-0.2, -0.15) is 0 Å². The predicted octanol–water partition coefficient (Wildman–Crippen LogP) is 1.66. The average Bonchev–Trinajstić information content (AvgIpc) is 2.80. The Balaban J connectivity index is 2.25. The van der Waals surface area contributed by atoms with E-state index in [1.54, 1.807) is 20.9 Å². The third-order valence-electron chi connectivity index (χ3n) is 4.14. The van der Waals surface area contributed by atoms with E-state index < -0.39 is 5.54 Å². The molecule has 0 radical (unpaired) electrons. The summed E-state index contributed by atoms with van der Waals surface area (Å²) in [6, 6.07) is 7.54. The number of carbonyl (C=O) groups excluding carboxylic acids is 2. The first-order chi connectivity index (χ1) is 8.85. The van der Waals surface area contributed by atoms with Gasteiger partial charge in [0.25, 0.3) is 0 Å². The van der Waals surface area contributed by atoms with Crippen molar-refractivity contribution in [3.05, 3.63) is 35.4 Å². The van der Waals surface area contributed by atoms with Crippen LogP contribution in [0, 0.1) is 0 Å². The van der Waals surface area contributed by atoms with Crippen LogP contribution in [-0.2, 0) is 16.1 Å². The minimum atomic E-state index is -0.781. The molecule has 19 heavy (non-hydrogen) atoms. The minimum absolute atomic E-state index is 0.0189. The number of carbonyl (C=O) groups is 2. The lowest BCUT2D eigenvalue weighted by Crippen LogP contribution is -2.52. The molecule has 1 unspecified atom stereocenters. The minimum Gasteiger partial charge on any atom is -0.332 e. The number of rotatable bonds is 3. The topological polar surface area (TPSA) is 49.4 Å². The lowest BCUT2D eigenvalue weighted by molar-refractivity contribution is -0.143. The summed E-state index contributed by atoms with van der Waals surface area (Å²) in [6.07, 6.45) is 0. The van der Waals surface area contributed by atoms with Gasteiger partial charge in [-0.15, -0.1) is 0 Å². The van der Waals surface area contributed by atoms with Crippen LogP contribution in [0.1, 0.15) is 37.9 Å². The summed E-state index contributed by atoms with van der Waals surface area (Å²) >= 11 is 0. The molecule has 0 aromatic heterocycles. The van der Waals surface area contributed by atoms with E-state index in [1.165, 1.54) is 11.8 Å². The molecule has 1 heterocycles. The maximum atomic E-state index is 12.6. The average molecular weight is 260 g/mol. The van der Waals surface area contributed by atoms with E-state index in [-0.39, 0.29) is 17.7 Å². The van der Waals surface area contributed by atoms with Crippen molar-refractivity contribution in [2.24, 2.45) is 0 Å².